The van der Waals surface area contributed by atoms with E-state index in [0.29, 0.717) is 24.2 Å². The molecule has 1 aliphatic heterocycles. The van der Waals surface area contributed by atoms with E-state index in [0.717, 1.165) is 45.1 Å². The Labute approximate surface area is 150 Å². The topological polar surface area (TPSA) is 51.0 Å². The Kier molecular flexibility index (Phi) is 5.09. The van der Waals surface area contributed by atoms with Gasteiger partial charge in [0.15, 0.2) is 0 Å². The number of likely N-dealkylation sites (tertiary alicyclic amines) is 1. The Bertz CT molecular complexity index is 568. The van der Waals surface area contributed by atoms with Crippen LogP contribution >= 0.6 is 0 Å². The number of hydrogen-bond donors (Lipinski definition) is 0. The molecule has 3 fully saturated rings. The van der Waals surface area contributed by atoms with E-state index in [4.69, 9.17) is 11.3 Å². The summed E-state index contributed by atoms with van der Waals surface area (Å²) in [4.78, 5) is 29.2. The lowest BCUT2D eigenvalue weighted by Crippen LogP contribution is -2.34. The van der Waals surface area contributed by atoms with Crippen molar-refractivity contribution in [2.24, 2.45) is 23.2 Å². The van der Waals surface area contributed by atoms with E-state index in [2.05, 4.69) is 18.7 Å². The largest absolute Gasteiger partial charge is 0.463 e. The molecule has 6 atom stereocenters. The molecule has 0 aromatic carbocycles. The van der Waals surface area contributed by atoms with Crippen molar-refractivity contribution in [2.45, 2.75) is 78.0 Å². The molecule has 0 aromatic rings. The van der Waals surface area contributed by atoms with Crippen LogP contribution in [0.2, 0.25) is 0 Å². The van der Waals surface area contributed by atoms with Crippen LogP contribution in [0.1, 0.15) is 65.7 Å². The number of carbonyl (C=O) groups is 2. The van der Waals surface area contributed by atoms with Crippen LogP contribution in [-0.2, 0) is 14.3 Å². The first-order valence-electron chi connectivity index (χ1n) is 9.63. The minimum Gasteiger partial charge on any atom is -0.463 e. The molecule has 2 aliphatic carbocycles. The van der Waals surface area contributed by atoms with Crippen LogP contribution in [0.15, 0.2) is 0 Å². The Morgan fingerprint density at radius 1 is 1.24 bits per heavy atom. The molecule has 25 heavy (non-hydrogen) atoms. The highest BCUT2D eigenvalue weighted by molar-refractivity contribution is 5.77. The molecule has 0 radical (unpaired) electrons. The summed E-state index contributed by atoms with van der Waals surface area (Å²) in [5.74, 6) is 1.68. The molecule has 5 heteroatoms. The summed E-state index contributed by atoms with van der Waals surface area (Å²) >= 11 is 0. The average molecular weight is 346 g/mol. The standard InChI is InChI=1S/C20H30N2O3/c1-13-7-18(21-4)22(12-13)19(24)5-6-20(3)10-15-8-17(25-14(2)23)9-16(15)11-20/h13,15-18H,5-12H2,1-3H3/t13-,15-,16+,17?,18-,20?/m0/s1. The number of carbonyl (C=O) groups excluding carboxylic acids is 2. The maximum absolute atomic E-state index is 12.6. The van der Waals surface area contributed by atoms with Gasteiger partial charge in [0.1, 0.15) is 6.10 Å². The first-order chi connectivity index (χ1) is 11.8. The van der Waals surface area contributed by atoms with Gasteiger partial charge < -0.3 is 4.74 Å². The van der Waals surface area contributed by atoms with Gasteiger partial charge >= 0.3 is 12.1 Å². The minimum absolute atomic E-state index is 0.101. The molecular formula is C20H30N2O3. The molecule has 2 unspecified atom stereocenters. The van der Waals surface area contributed by atoms with Gasteiger partial charge in [-0.2, -0.15) is 0 Å². The molecule has 1 heterocycles. The molecule has 5 nitrogen and oxygen atoms in total. The summed E-state index contributed by atoms with van der Waals surface area (Å²) in [6.45, 7) is 13.9. The fraction of sp³-hybridized carbons (Fsp3) is 0.850. The molecule has 0 N–H and O–H groups in total. The third kappa shape index (κ3) is 3.99. The van der Waals surface area contributed by atoms with Crippen LogP contribution < -0.4 is 0 Å². The molecule has 1 saturated heterocycles. The molecule has 138 valence electrons. The molecular weight excluding hydrogens is 316 g/mol. The fourth-order valence-corrected chi connectivity index (χ4v) is 5.50. The zero-order valence-electron chi connectivity index (χ0n) is 15.7. The van der Waals surface area contributed by atoms with Gasteiger partial charge in [0.05, 0.1) is 0 Å². The summed E-state index contributed by atoms with van der Waals surface area (Å²) in [5, 5.41) is 0. The maximum Gasteiger partial charge on any atom is 0.302 e. The van der Waals surface area contributed by atoms with Gasteiger partial charge in [0, 0.05) is 26.3 Å². The lowest BCUT2D eigenvalue weighted by molar-refractivity contribution is -0.146. The summed E-state index contributed by atoms with van der Waals surface area (Å²) < 4.78 is 5.39. The van der Waals surface area contributed by atoms with Crippen molar-refractivity contribution in [3.05, 3.63) is 11.4 Å². The first kappa shape index (κ1) is 18.2. The Hall–Kier alpha value is -1.57. The van der Waals surface area contributed by atoms with Crippen LogP contribution in [0.5, 0.6) is 0 Å². The number of hydrogen-bond acceptors (Lipinski definition) is 3. The molecule has 0 aromatic heterocycles. The average Bonchev–Trinajstić information content (AvgIpc) is 3.15. The Morgan fingerprint density at radius 2 is 1.88 bits per heavy atom. The summed E-state index contributed by atoms with van der Waals surface area (Å²) in [5.41, 5.74) is 0.213. The molecule has 0 spiro atoms. The van der Waals surface area contributed by atoms with E-state index in [-0.39, 0.29) is 29.6 Å². The molecule has 2 saturated carbocycles. The Morgan fingerprint density at radius 3 is 2.44 bits per heavy atom. The lowest BCUT2D eigenvalue weighted by Gasteiger charge is -2.27. The van der Waals surface area contributed by atoms with Crippen molar-refractivity contribution < 1.29 is 14.3 Å². The highest BCUT2D eigenvalue weighted by atomic mass is 16.5. The third-order valence-electron chi connectivity index (χ3n) is 6.53. The SMILES string of the molecule is [C-]#[N+][C@@H]1C[C@H](C)CN1C(=O)CCC1(C)C[C@H]2CC(OC(C)=O)C[C@H]2C1. The summed E-state index contributed by atoms with van der Waals surface area (Å²) in [6, 6.07) is 0. The molecule has 3 aliphatic rings. The molecule has 0 bridgehead atoms. The zero-order chi connectivity index (χ0) is 18.2. The van der Waals surface area contributed by atoms with E-state index in [1.54, 1.807) is 4.90 Å². The van der Waals surface area contributed by atoms with E-state index < -0.39 is 0 Å². The third-order valence-corrected chi connectivity index (χ3v) is 6.53. The first-order valence-corrected chi connectivity index (χ1v) is 9.63. The van der Waals surface area contributed by atoms with Crippen molar-refractivity contribution in [3.8, 4) is 0 Å². The van der Waals surface area contributed by atoms with E-state index in [1.807, 2.05) is 0 Å². The number of amides is 1. The van der Waals surface area contributed by atoms with E-state index in [9.17, 15) is 9.59 Å². The second-order valence-corrected chi connectivity index (χ2v) is 8.94. The second-order valence-electron chi connectivity index (χ2n) is 8.94. The normalized spacial score (nSPS) is 39.9. The van der Waals surface area contributed by atoms with Crippen molar-refractivity contribution in [1.29, 1.82) is 0 Å². The lowest BCUT2D eigenvalue weighted by atomic mass is 9.81. The van der Waals surface area contributed by atoms with Crippen LogP contribution in [0.4, 0.5) is 0 Å². The van der Waals surface area contributed by atoms with Gasteiger partial charge in [-0.25, -0.2) is 6.57 Å². The maximum atomic E-state index is 12.6. The van der Waals surface area contributed by atoms with Gasteiger partial charge in [0.25, 0.3) is 0 Å². The van der Waals surface area contributed by atoms with Crippen molar-refractivity contribution in [1.82, 2.24) is 4.90 Å². The molecule has 3 rings (SSSR count). The highest BCUT2D eigenvalue weighted by Gasteiger charge is 2.48. The quantitative estimate of drug-likeness (QED) is 0.577. The monoisotopic (exact) mass is 346 g/mol. The number of fused-ring (bicyclic) bond motifs is 1. The van der Waals surface area contributed by atoms with E-state index >= 15 is 0 Å². The second kappa shape index (κ2) is 6.97. The van der Waals surface area contributed by atoms with Crippen molar-refractivity contribution >= 4 is 11.9 Å². The van der Waals surface area contributed by atoms with Crippen LogP contribution in [0, 0.1) is 29.7 Å². The smallest absolute Gasteiger partial charge is 0.302 e. The van der Waals surface area contributed by atoms with E-state index in [1.165, 1.54) is 6.92 Å². The van der Waals surface area contributed by atoms with Gasteiger partial charge in [-0.1, -0.05) is 13.8 Å². The van der Waals surface area contributed by atoms with Gasteiger partial charge in [0.2, 0.25) is 5.91 Å². The minimum atomic E-state index is -0.247. The number of esters is 1. The van der Waals surface area contributed by atoms with Crippen LogP contribution in [0.25, 0.3) is 4.85 Å². The van der Waals surface area contributed by atoms with Gasteiger partial charge in [-0.15, -0.1) is 0 Å². The van der Waals surface area contributed by atoms with Crippen molar-refractivity contribution in [2.75, 3.05) is 6.54 Å². The van der Waals surface area contributed by atoms with Gasteiger partial charge in [-0.3, -0.25) is 19.3 Å². The zero-order valence-corrected chi connectivity index (χ0v) is 15.7. The van der Waals surface area contributed by atoms with Gasteiger partial charge in [-0.05, 0) is 55.3 Å². The summed E-state index contributed by atoms with van der Waals surface area (Å²) in [7, 11) is 0. The predicted molar refractivity (Wildman–Crippen MR) is 94.2 cm³/mol. The Balaban J connectivity index is 1.49. The van der Waals surface area contributed by atoms with Crippen LogP contribution in [-0.4, -0.2) is 35.6 Å². The molecule has 1 amide bonds. The summed E-state index contributed by atoms with van der Waals surface area (Å²) in [6.07, 6.45) is 6.36. The predicted octanol–water partition coefficient (Wildman–Crippen LogP) is 3.64. The highest BCUT2D eigenvalue weighted by Crippen LogP contribution is 2.55. The number of nitrogens with zero attached hydrogens (tertiary/aromatic N) is 2. The number of rotatable bonds is 4. The number of ether oxygens (including phenoxy) is 1. The van der Waals surface area contributed by atoms with Crippen LogP contribution in [0.3, 0.4) is 0 Å². The van der Waals surface area contributed by atoms with Crippen molar-refractivity contribution in [3.63, 3.8) is 0 Å². The fourth-order valence-electron chi connectivity index (χ4n) is 5.50.